The number of carbonyl (C=O) groups is 2. The van der Waals surface area contributed by atoms with Crippen LogP contribution in [0.15, 0.2) is 5.38 Å². The van der Waals surface area contributed by atoms with Crippen LogP contribution in [0.2, 0.25) is 0 Å². The molecule has 2 rings (SSSR count). The van der Waals surface area contributed by atoms with Crippen molar-refractivity contribution >= 4 is 28.3 Å². The third-order valence-electron chi connectivity index (χ3n) is 2.77. The highest BCUT2D eigenvalue weighted by atomic mass is 32.1. The smallest absolute Gasteiger partial charge is 0.311 e. The van der Waals surface area contributed by atoms with E-state index in [0.29, 0.717) is 17.4 Å². The number of ether oxygens (including phenoxy) is 1. The Hall–Kier alpha value is -1.63. The van der Waals surface area contributed by atoms with Crippen molar-refractivity contribution in [1.29, 1.82) is 0 Å². The molecule has 1 aromatic rings. The number of piperidine rings is 1. The molecular weight excluding hydrogens is 266 g/mol. The Morgan fingerprint density at radius 2 is 2.53 bits per heavy atom. The second-order valence-electron chi connectivity index (χ2n) is 4.26. The molecule has 1 amide bonds. The average Bonchev–Trinajstić information content (AvgIpc) is 2.80. The molecule has 7 heteroatoms. The van der Waals surface area contributed by atoms with Crippen molar-refractivity contribution in [3.05, 3.63) is 11.1 Å². The molecule has 0 bridgehead atoms. The zero-order valence-corrected chi connectivity index (χ0v) is 11.6. The van der Waals surface area contributed by atoms with Gasteiger partial charge in [-0.1, -0.05) is 0 Å². The van der Waals surface area contributed by atoms with Gasteiger partial charge in [0.05, 0.1) is 18.7 Å². The lowest BCUT2D eigenvalue weighted by Gasteiger charge is -2.22. The SMILES string of the molecule is CCOC(=O)Cc1csc(NC2CCCNC2=O)n1. The number of thiazole rings is 1. The lowest BCUT2D eigenvalue weighted by atomic mass is 10.1. The largest absolute Gasteiger partial charge is 0.466 e. The van der Waals surface area contributed by atoms with Crippen LogP contribution in [0.25, 0.3) is 0 Å². The molecule has 2 N–H and O–H groups in total. The number of amides is 1. The molecule has 0 aliphatic carbocycles. The lowest BCUT2D eigenvalue weighted by molar-refractivity contribution is -0.142. The molecule has 0 radical (unpaired) electrons. The summed E-state index contributed by atoms with van der Waals surface area (Å²) in [6.45, 7) is 2.88. The monoisotopic (exact) mass is 283 g/mol. The zero-order chi connectivity index (χ0) is 13.7. The number of hydrogen-bond donors (Lipinski definition) is 2. The first kappa shape index (κ1) is 13.8. The second kappa shape index (κ2) is 6.51. The fraction of sp³-hybridized carbons (Fsp3) is 0.583. The first-order valence-corrected chi connectivity index (χ1v) is 7.21. The van der Waals surface area contributed by atoms with Gasteiger partial charge in [-0.15, -0.1) is 11.3 Å². The van der Waals surface area contributed by atoms with Crippen LogP contribution in [0.1, 0.15) is 25.5 Å². The van der Waals surface area contributed by atoms with E-state index in [9.17, 15) is 9.59 Å². The van der Waals surface area contributed by atoms with Gasteiger partial charge in [-0.2, -0.15) is 0 Å². The molecule has 104 valence electrons. The molecule has 1 aliphatic rings. The Kier molecular flexibility index (Phi) is 4.73. The standard InChI is InChI=1S/C12H17N3O3S/c1-2-18-10(16)6-8-7-19-12(14-8)15-9-4-3-5-13-11(9)17/h7,9H,2-6H2,1H3,(H,13,17)(H,14,15). The van der Waals surface area contributed by atoms with Crippen LogP contribution in [-0.4, -0.2) is 36.1 Å². The topological polar surface area (TPSA) is 80.3 Å². The average molecular weight is 283 g/mol. The maximum Gasteiger partial charge on any atom is 0.311 e. The van der Waals surface area contributed by atoms with Crippen LogP contribution in [0, 0.1) is 0 Å². The third kappa shape index (κ3) is 3.92. The van der Waals surface area contributed by atoms with Crippen LogP contribution >= 0.6 is 11.3 Å². The quantitative estimate of drug-likeness (QED) is 0.786. The van der Waals surface area contributed by atoms with Crippen molar-refractivity contribution in [3.8, 4) is 0 Å². The fourth-order valence-electron chi connectivity index (χ4n) is 1.87. The Labute approximate surface area is 115 Å². The van der Waals surface area contributed by atoms with Crippen LogP contribution in [0.4, 0.5) is 5.13 Å². The van der Waals surface area contributed by atoms with E-state index in [4.69, 9.17) is 4.74 Å². The van der Waals surface area contributed by atoms with E-state index in [1.165, 1.54) is 11.3 Å². The van der Waals surface area contributed by atoms with Gasteiger partial charge >= 0.3 is 5.97 Å². The first-order valence-electron chi connectivity index (χ1n) is 6.33. The number of hydrogen-bond acceptors (Lipinski definition) is 6. The summed E-state index contributed by atoms with van der Waals surface area (Å²) in [4.78, 5) is 27.2. The molecule has 2 heterocycles. The molecule has 19 heavy (non-hydrogen) atoms. The third-order valence-corrected chi connectivity index (χ3v) is 3.59. The second-order valence-corrected chi connectivity index (χ2v) is 5.11. The number of carbonyl (C=O) groups excluding carboxylic acids is 2. The Balaban J connectivity index is 1.89. The molecule has 1 aromatic heterocycles. The van der Waals surface area contributed by atoms with E-state index in [1.807, 2.05) is 0 Å². The summed E-state index contributed by atoms with van der Waals surface area (Å²) in [5.74, 6) is -0.275. The van der Waals surface area contributed by atoms with E-state index < -0.39 is 0 Å². The lowest BCUT2D eigenvalue weighted by Crippen LogP contribution is -2.44. The van der Waals surface area contributed by atoms with Crippen molar-refractivity contribution in [2.45, 2.75) is 32.2 Å². The molecule has 1 aliphatic heterocycles. The van der Waals surface area contributed by atoms with E-state index >= 15 is 0 Å². The van der Waals surface area contributed by atoms with Crippen LogP contribution in [0.5, 0.6) is 0 Å². The summed E-state index contributed by atoms with van der Waals surface area (Å²) >= 11 is 1.40. The van der Waals surface area contributed by atoms with Crippen molar-refractivity contribution in [1.82, 2.24) is 10.3 Å². The van der Waals surface area contributed by atoms with Crippen molar-refractivity contribution in [2.75, 3.05) is 18.5 Å². The van der Waals surface area contributed by atoms with Crippen molar-refractivity contribution < 1.29 is 14.3 Å². The highest BCUT2D eigenvalue weighted by Gasteiger charge is 2.22. The highest BCUT2D eigenvalue weighted by Crippen LogP contribution is 2.19. The predicted molar refractivity (Wildman–Crippen MR) is 72.1 cm³/mol. The van der Waals surface area contributed by atoms with E-state index in [-0.39, 0.29) is 24.3 Å². The Morgan fingerprint density at radius 3 is 3.26 bits per heavy atom. The summed E-state index contributed by atoms with van der Waals surface area (Å²) in [6, 6.07) is -0.227. The molecule has 0 spiro atoms. The van der Waals surface area contributed by atoms with Crippen molar-refractivity contribution in [2.24, 2.45) is 0 Å². The van der Waals surface area contributed by atoms with Crippen LogP contribution in [0.3, 0.4) is 0 Å². The van der Waals surface area contributed by atoms with E-state index in [2.05, 4.69) is 15.6 Å². The van der Waals surface area contributed by atoms with Crippen LogP contribution < -0.4 is 10.6 Å². The summed E-state index contributed by atoms with van der Waals surface area (Å²) in [5, 5.41) is 8.38. The fourth-order valence-corrected chi connectivity index (χ4v) is 2.64. The van der Waals surface area contributed by atoms with Gasteiger partial charge in [-0.05, 0) is 19.8 Å². The summed E-state index contributed by atoms with van der Waals surface area (Å²) in [6.07, 6.45) is 1.94. The van der Waals surface area contributed by atoms with Gasteiger partial charge in [-0.3, -0.25) is 9.59 Å². The molecular formula is C12H17N3O3S. The number of anilines is 1. The van der Waals surface area contributed by atoms with Gasteiger partial charge in [-0.25, -0.2) is 4.98 Å². The molecule has 1 saturated heterocycles. The maximum atomic E-state index is 11.6. The molecule has 1 fully saturated rings. The van der Waals surface area contributed by atoms with Crippen molar-refractivity contribution in [3.63, 3.8) is 0 Å². The Bertz CT molecular complexity index is 461. The normalized spacial score (nSPS) is 18.8. The van der Waals surface area contributed by atoms with Gasteiger partial charge in [0.2, 0.25) is 5.91 Å². The molecule has 6 nitrogen and oxygen atoms in total. The molecule has 0 saturated carbocycles. The summed E-state index contributed by atoms with van der Waals surface area (Å²) in [5.41, 5.74) is 0.669. The number of aromatic nitrogens is 1. The van der Waals surface area contributed by atoms with E-state index in [1.54, 1.807) is 12.3 Å². The minimum Gasteiger partial charge on any atom is -0.466 e. The van der Waals surface area contributed by atoms with Gasteiger partial charge in [0.15, 0.2) is 5.13 Å². The Morgan fingerprint density at radius 1 is 1.68 bits per heavy atom. The molecule has 0 aromatic carbocycles. The van der Waals surface area contributed by atoms with Gasteiger partial charge < -0.3 is 15.4 Å². The maximum absolute atomic E-state index is 11.6. The summed E-state index contributed by atoms with van der Waals surface area (Å²) in [7, 11) is 0. The number of nitrogens with one attached hydrogen (secondary N) is 2. The first-order chi connectivity index (χ1) is 9.19. The summed E-state index contributed by atoms with van der Waals surface area (Å²) < 4.78 is 4.86. The molecule has 1 unspecified atom stereocenters. The van der Waals surface area contributed by atoms with Gasteiger partial charge in [0, 0.05) is 11.9 Å². The predicted octanol–water partition coefficient (Wildman–Crippen LogP) is 0.939. The minimum atomic E-state index is -0.283. The number of esters is 1. The van der Waals surface area contributed by atoms with Gasteiger partial charge in [0.1, 0.15) is 6.04 Å². The molecule has 1 atom stereocenters. The highest BCUT2D eigenvalue weighted by molar-refractivity contribution is 7.13. The van der Waals surface area contributed by atoms with Crippen LogP contribution in [-0.2, 0) is 20.7 Å². The number of nitrogens with zero attached hydrogens (tertiary/aromatic N) is 1. The van der Waals surface area contributed by atoms with E-state index in [0.717, 1.165) is 19.4 Å². The number of rotatable bonds is 5. The minimum absolute atomic E-state index is 0.00777. The van der Waals surface area contributed by atoms with Gasteiger partial charge in [0.25, 0.3) is 0 Å². The zero-order valence-electron chi connectivity index (χ0n) is 10.8.